The molecule has 1 saturated heterocycles. The number of para-hydroxylation sites is 1. The number of ether oxygens (including phenoxy) is 1. The molecule has 0 saturated carbocycles. The van der Waals surface area contributed by atoms with Gasteiger partial charge in [0.2, 0.25) is 11.8 Å². The number of alkyl halides is 1. The van der Waals surface area contributed by atoms with E-state index in [1.54, 1.807) is 4.90 Å². The molecule has 2 amide bonds. The fourth-order valence-corrected chi connectivity index (χ4v) is 2.65. The molecule has 0 aliphatic carbocycles. The number of rotatable bonds is 7. The molecule has 2 rings (SSSR count). The van der Waals surface area contributed by atoms with Gasteiger partial charge in [-0.15, -0.1) is 11.6 Å². The highest BCUT2D eigenvalue weighted by Gasteiger charge is 2.23. The molecule has 126 valence electrons. The van der Waals surface area contributed by atoms with Gasteiger partial charge >= 0.3 is 0 Å². The van der Waals surface area contributed by atoms with Crippen molar-refractivity contribution in [1.82, 2.24) is 9.80 Å². The van der Waals surface area contributed by atoms with Crippen LogP contribution >= 0.6 is 11.6 Å². The Morgan fingerprint density at radius 1 is 0.957 bits per heavy atom. The van der Waals surface area contributed by atoms with E-state index in [2.05, 4.69) is 0 Å². The van der Waals surface area contributed by atoms with E-state index in [4.69, 9.17) is 16.3 Å². The Kier molecular flexibility index (Phi) is 7.20. The molecule has 1 aliphatic rings. The molecule has 1 heterocycles. The first-order valence-corrected chi connectivity index (χ1v) is 8.53. The minimum absolute atomic E-state index is 0.0776. The Labute approximate surface area is 142 Å². The lowest BCUT2D eigenvalue weighted by Crippen LogP contribution is -2.50. The molecule has 0 atom stereocenters. The summed E-state index contributed by atoms with van der Waals surface area (Å²) in [5, 5.41) is 0. The van der Waals surface area contributed by atoms with Crippen LogP contribution in [0.4, 0.5) is 0 Å². The summed E-state index contributed by atoms with van der Waals surface area (Å²) in [6.45, 7) is 2.77. The smallest absolute Gasteiger partial charge is 0.226 e. The highest BCUT2D eigenvalue weighted by molar-refractivity contribution is 6.17. The first-order valence-electron chi connectivity index (χ1n) is 8.00. The van der Waals surface area contributed by atoms with Crippen LogP contribution in [0.2, 0.25) is 0 Å². The third-order valence-corrected chi connectivity index (χ3v) is 4.10. The number of benzene rings is 1. The summed E-state index contributed by atoms with van der Waals surface area (Å²) < 4.78 is 5.55. The molecule has 1 fully saturated rings. The lowest BCUT2D eigenvalue weighted by Gasteiger charge is -2.35. The number of piperazine rings is 1. The molecule has 0 unspecified atom stereocenters. The van der Waals surface area contributed by atoms with Crippen molar-refractivity contribution in [3.05, 3.63) is 30.3 Å². The maximum atomic E-state index is 12.2. The summed E-state index contributed by atoms with van der Waals surface area (Å²) in [5.74, 6) is 1.49. The molecule has 0 spiro atoms. The molecule has 1 aliphatic heterocycles. The van der Waals surface area contributed by atoms with Gasteiger partial charge in [-0.1, -0.05) is 18.2 Å². The lowest BCUT2D eigenvalue weighted by molar-refractivity contribution is -0.139. The van der Waals surface area contributed by atoms with Gasteiger partial charge in [0.15, 0.2) is 0 Å². The summed E-state index contributed by atoms with van der Waals surface area (Å²) >= 11 is 5.61. The zero-order chi connectivity index (χ0) is 16.5. The molecule has 0 radical (unpaired) electrons. The van der Waals surface area contributed by atoms with E-state index in [0.717, 1.165) is 5.75 Å². The van der Waals surface area contributed by atoms with Crippen LogP contribution in [0.1, 0.15) is 19.3 Å². The fraction of sp³-hybridized carbons (Fsp3) is 0.529. The third-order valence-electron chi connectivity index (χ3n) is 3.84. The first-order chi connectivity index (χ1) is 11.2. The topological polar surface area (TPSA) is 49.9 Å². The predicted molar refractivity (Wildman–Crippen MR) is 89.7 cm³/mol. The standard InChI is InChI=1S/C17H23ClN2O3/c18-9-4-7-16(21)19-10-12-20(13-11-19)17(22)8-14-23-15-5-2-1-3-6-15/h1-3,5-6H,4,7-14H2. The van der Waals surface area contributed by atoms with Gasteiger partial charge in [0.1, 0.15) is 5.75 Å². The second-order valence-electron chi connectivity index (χ2n) is 5.47. The summed E-state index contributed by atoms with van der Waals surface area (Å²) in [5.41, 5.74) is 0. The lowest BCUT2D eigenvalue weighted by atomic mass is 10.2. The van der Waals surface area contributed by atoms with Crippen molar-refractivity contribution in [2.45, 2.75) is 19.3 Å². The number of carbonyl (C=O) groups is 2. The molecule has 0 aromatic heterocycles. The Hall–Kier alpha value is -1.75. The van der Waals surface area contributed by atoms with Crippen molar-refractivity contribution in [2.24, 2.45) is 0 Å². The van der Waals surface area contributed by atoms with Crippen LogP contribution in [0.3, 0.4) is 0 Å². The summed E-state index contributed by atoms with van der Waals surface area (Å²) in [4.78, 5) is 27.7. The van der Waals surface area contributed by atoms with Crippen LogP contribution < -0.4 is 4.74 Å². The Morgan fingerprint density at radius 3 is 2.09 bits per heavy atom. The molecule has 0 N–H and O–H groups in total. The van der Waals surface area contributed by atoms with Crippen molar-refractivity contribution < 1.29 is 14.3 Å². The number of hydrogen-bond acceptors (Lipinski definition) is 3. The summed E-state index contributed by atoms with van der Waals surface area (Å²) in [6.07, 6.45) is 1.55. The second kappa shape index (κ2) is 9.40. The number of amides is 2. The zero-order valence-electron chi connectivity index (χ0n) is 13.2. The quantitative estimate of drug-likeness (QED) is 0.716. The summed E-state index contributed by atoms with van der Waals surface area (Å²) in [6, 6.07) is 9.46. The molecule has 0 bridgehead atoms. The number of halogens is 1. The second-order valence-corrected chi connectivity index (χ2v) is 5.84. The molecular weight excluding hydrogens is 316 g/mol. The molecule has 1 aromatic rings. The molecule has 5 nitrogen and oxygen atoms in total. The van der Waals surface area contributed by atoms with Crippen LogP contribution in [-0.2, 0) is 9.59 Å². The van der Waals surface area contributed by atoms with Crippen molar-refractivity contribution in [1.29, 1.82) is 0 Å². The Bertz CT molecular complexity index is 502. The van der Waals surface area contributed by atoms with Gasteiger partial charge in [-0.25, -0.2) is 0 Å². The van der Waals surface area contributed by atoms with Gasteiger partial charge in [0, 0.05) is 38.5 Å². The maximum Gasteiger partial charge on any atom is 0.226 e. The predicted octanol–water partition coefficient (Wildman–Crippen LogP) is 2.15. The van der Waals surface area contributed by atoms with Gasteiger partial charge in [0.05, 0.1) is 13.0 Å². The SMILES string of the molecule is O=C(CCCCl)N1CCN(C(=O)CCOc2ccccc2)CC1. The highest BCUT2D eigenvalue weighted by Crippen LogP contribution is 2.10. The molecule has 6 heteroatoms. The van der Waals surface area contributed by atoms with Gasteiger partial charge < -0.3 is 14.5 Å². The summed E-state index contributed by atoms with van der Waals surface area (Å²) in [7, 11) is 0. The number of hydrogen-bond donors (Lipinski definition) is 0. The van der Waals surface area contributed by atoms with E-state index in [1.807, 2.05) is 35.2 Å². The minimum Gasteiger partial charge on any atom is -0.493 e. The minimum atomic E-state index is 0.0776. The van der Waals surface area contributed by atoms with Crippen molar-refractivity contribution in [2.75, 3.05) is 38.7 Å². The van der Waals surface area contributed by atoms with Gasteiger partial charge in [-0.3, -0.25) is 9.59 Å². The first kappa shape index (κ1) is 17.6. The van der Waals surface area contributed by atoms with E-state index in [9.17, 15) is 9.59 Å². The van der Waals surface area contributed by atoms with Crippen LogP contribution in [-0.4, -0.2) is 60.3 Å². The van der Waals surface area contributed by atoms with Crippen molar-refractivity contribution in [3.63, 3.8) is 0 Å². The average molecular weight is 339 g/mol. The Morgan fingerprint density at radius 2 is 1.52 bits per heavy atom. The van der Waals surface area contributed by atoms with Crippen molar-refractivity contribution >= 4 is 23.4 Å². The van der Waals surface area contributed by atoms with Gasteiger partial charge in [-0.05, 0) is 18.6 Å². The third kappa shape index (κ3) is 5.75. The van der Waals surface area contributed by atoms with Crippen LogP contribution in [0, 0.1) is 0 Å². The number of carbonyl (C=O) groups excluding carboxylic acids is 2. The van der Waals surface area contributed by atoms with Gasteiger partial charge in [0.25, 0.3) is 0 Å². The van der Waals surface area contributed by atoms with E-state index in [-0.39, 0.29) is 11.8 Å². The largest absolute Gasteiger partial charge is 0.493 e. The highest BCUT2D eigenvalue weighted by atomic mass is 35.5. The van der Waals surface area contributed by atoms with Crippen LogP contribution in [0.15, 0.2) is 30.3 Å². The zero-order valence-corrected chi connectivity index (χ0v) is 14.0. The van der Waals surface area contributed by atoms with E-state index in [0.29, 0.717) is 57.9 Å². The number of nitrogens with zero attached hydrogens (tertiary/aromatic N) is 2. The van der Waals surface area contributed by atoms with E-state index >= 15 is 0 Å². The normalized spacial score (nSPS) is 14.7. The molecular formula is C17H23ClN2O3. The van der Waals surface area contributed by atoms with Crippen molar-refractivity contribution in [3.8, 4) is 5.75 Å². The Balaban J connectivity index is 1.66. The van der Waals surface area contributed by atoms with E-state index < -0.39 is 0 Å². The van der Waals surface area contributed by atoms with Crippen LogP contribution in [0.25, 0.3) is 0 Å². The molecule has 1 aromatic carbocycles. The van der Waals surface area contributed by atoms with Crippen LogP contribution in [0.5, 0.6) is 5.75 Å². The average Bonchev–Trinajstić information content (AvgIpc) is 2.60. The monoisotopic (exact) mass is 338 g/mol. The van der Waals surface area contributed by atoms with E-state index in [1.165, 1.54) is 0 Å². The molecule has 23 heavy (non-hydrogen) atoms. The maximum absolute atomic E-state index is 12.2. The fourth-order valence-electron chi connectivity index (χ4n) is 2.51. The van der Waals surface area contributed by atoms with Gasteiger partial charge in [-0.2, -0.15) is 0 Å².